The van der Waals surface area contributed by atoms with Crippen LogP contribution in [-0.2, 0) is 17.1 Å². The van der Waals surface area contributed by atoms with Crippen molar-refractivity contribution in [3.05, 3.63) is 95.6 Å². The van der Waals surface area contributed by atoms with Gasteiger partial charge in [0.2, 0.25) is 5.91 Å². The quantitative estimate of drug-likeness (QED) is 0.104. The van der Waals surface area contributed by atoms with E-state index in [9.17, 15) is 35.9 Å². The number of para-hydroxylation sites is 1. The zero-order valence-electron chi connectivity index (χ0n) is 25.3. The Hall–Kier alpha value is -4.33. The van der Waals surface area contributed by atoms with E-state index in [1.54, 1.807) is 11.8 Å². The molecule has 1 aromatic heterocycles. The number of carbonyl (C=O) groups is 2. The number of aromatic nitrogens is 3. The number of carbonyl (C=O) groups excluding carboxylic acids is 2. The molecular weight excluding hydrogens is 644 g/mol. The first-order chi connectivity index (χ1) is 22.3. The molecule has 0 bridgehead atoms. The second kappa shape index (κ2) is 14.2. The van der Waals surface area contributed by atoms with E-state index in [1.807, 2.05) is 65.2 Å². The predicted octanol–water partition coefficient (Wildman–Crippen LogP) is 7.61. The van der Waals surface area contributed by atoms with E-state index in [1.165, 1.54) is 16.7 Å². The molecule has 2 heterocycles. The summed E-state index contributed by atoms with van der Waals surface area (Å²) < 4.78 is 81.8. The van der Waals surface area contributed by atoms with Crippen molar-refractivity contribution in [3.8, 4) is 17.1 Å². The van der Waals surface area contributed by atoms with Crippen LogP contribution in [0, 0.1) is 0 Å². The SMILES string of the molecule is CC1CN(C(=O)CCCCSc2nnc(-c3ccccc3)n2-c2ccccc2)CCN1C(=O)c1cc(C(F)(F)F)cc(C(F)(F)F)c1. The molecule has 47 heavy (non-hydrogen) atoms. The molecule has 0 N–H and O–H groups in total. The Bertz CT molecular complexity index is 1660. The molecule has 1 fully saturated rings. The highest BCUT2D eigenvalue weighted by molar-refractivity contribution is 7.99. The van der Waals surface area contributed by atoms with Crippen molar-refractivity contribution in [1.82, 2.24) is 24.6 Å². The third-order valence-corrected chi connectivity index (χ3v) is 8.79. The molecule has 1 unspecified atom stereocenters. The Morgan fingerprint density at radius 3 is 2.04 bits per heavy atom. The van der Waals surface area contributed by atoms with Gasteiger partial charge in [-0.2, -0.15) is 26.3 Å². The molecule has 7 nitrogen and oxygen atoms in total. The first-order valence-electron chi connectivity index (χ1n) is 14.9. The topological polar surface area (TPSA) is 71.3 Å². The number of unbranched alkanes of at least 4 members (excludes halogenated alkanes) is 1. The maximum atomic E-state index is 13.3. The first kappa shape index (κ1) is 34.0. The van der Waals surface area contributed by atoms with Crippen LogP contribution in [0.3, 0.4) is 0 Å². The number of amides is 2. The van der Waals surface area contributed by atoms with Crippen molar-refractivity contribution in [2.45, 2.75) is 49.7 Å². The van der Waals surface area contributed by atoms with Gasteiger partial charge in [-0.05, 0) is 50.1 Å². The van der Waals surface area contributed by atoms with Gasteiger partial charge in [0.05, 0.1) is 11.1 Å². The maximum absolute atomic E-state index is 13.3. The average Bonchev–Trinajstić information content (AvgIpc) is 3.48. The fraction of sp³-hybridized carbons (Fsp3) is 0.333. The summed E-state index contributed by atoms with van der Waals surface area (Å²) in [7, 11) is 0. The van der Waals surface area contributed by atoms with Crippen LogP contribution in [0.1, 0.15) is 47.7 Å². The van der Waals surface area contributed by atoms with E-state index < -0.39 is 41.0 Å². The normalized spacial score (nSPS) is 15.6. The molecule has 0 saturated carbocycles. The van der Waals surface area contributed by atoms with Crippen molar-refractivity contribution in [2.24, 2.45) is 0 Å². The summed E-state index contributed by atoms with van der Waals surface area (Å²) in [5, 5.41) is 9.57. The zero-order chi connectivity index (χ0) is 33.8. The van der Waals surface area contributed by atoms with Crippen LogP contribution in [0.15, 0.2) is 84.0 Å². The minimum Gasteiger partial charge on any atom is -0.339 e. The number of benzene rings is 3. The number of alkyl halides is 6. The highest BCUT2D eigenvalue weighted by Crippen LogP contribution is 2.37. The van der Waals surface area contributed by atoms with Crippen LogP contribution in [0.25, 0.3) is 17.1 Å². The molecule has 1 aliphatic heterocycles. The molecule has 5 rings (SSSR count). The van der Waals surface area contributed by atoms with Crippen molar-refractivity contribution in [2.75, 3.05) is 25.4 Å². The Balaban J connectivity index is 1.15. The van der Waals surface area contributed by atoms with E-state index in [0.29, 0.717) is 30.7 Å². The predicted molar refractivity (Wildman–Crippen MR) is 165 cm³/mol. The monoisotopic (exact) mass is 675 g/mol. The Labute approximate surface area is 271 Å². The van der Waals surface area contributed by atoms with Gasteiger partial charge >= 0.3 is 12.4 Å². The lowest BCUT2D eigenvalue weighted by Crippen LogP contribution is -2.55. The summed E-state index contributed by atoms with van der Waals surface area (Å²) in [6, 6.07) is 19.8. The van der Waals surface area contributed by atoms with Gasteiger partial charge in [0.25, 0.3) is 5.91 Å². The molecule has 1 saturated heterocycles. The Kier molecular flexibility index (Phi) is 10.3. The van der Waals surface area contributed by atoms with Gasteiger partial charge < -0.3 is 9.80 Å². The van der Waals surface area contributed by atoms with Gasteiger partial charge in [-0.3, -0.25) is 14.2 Å². The highest BCUT2D eigenvalue weighted by atomic mass is 32.2. The molecule has 4 aromatic rings. The van der Waals surface area contributed by atoms with Crippen LogP contribution < -0.4 is 0 Å². The average molecular weight is 676 g/mol. The summed E-state index contributed by atoms with van der Waals surface area (Å²) >= 11 is 1.53. The van der Waals surface area contributed by atoms with Crippen LogP contribution in [0.5, 0.6) is 0 Å². The van der Waals surface area contributed by atoms with E-state index in [-0.39, 0.29) is 38.0 Å². The van der Waals surface area contributed by atoms with Crippen molar-refractivity contribution < 1.29 is 35.9 Å². The number of hydrogen-bond donors (Lipinski definition) is 0. The number of piperazine rings is 1. The standard InChI is InChI=1S/C33H31F6N5O2S/c1-22-21-42(15-16-43(22)30(46)24-18-25(32(34,35)36)20-26(19-24)33(37,38)39)28(45)14-8-9-17-47-31-41-40-29(23-10-4-2-5-11-23)44(31)27-12-6-3-7-13-27/h2-7,10-13,18-20,22H,8-9,14-17,21H2,1H3. The van der Waals surface area contributed by atoms with Gasteiger partial charge in [-0.15, -0.1) is 10.2 Å². The summed E-state index contributed by atoms with van der Waals surface area (Å²) in [6.45, 7) is 1.83. The second-order valence-corrected chi connectivity index (χ2v) is 12.2. The molecule has 0 aliphatic carbocycles. The molecule has 1 aliphatic rings. The van der Waals surface area contributed by atoms with Crippen LogP contribution >= 0.6 is 11.8 Å². The second-order valence-electron chi connectivity index (χ2n) is 11.1. The van der Waals surface area contributed by atoms with Crippen LogP contribution in [0.2, 0.25) is 0 Å². The Morgan fingerprint density at radius 2 is 1.45 bits per heavy atom. The van der Waals surface area contributed by atoms with E-state index in [2.05, 4.69) is 10.2 Å². The number of halogens is 6. The molecule has 2 amide bonds. The van der Waals surface area contributed by atoms with Gasteiger partial charge in [0, 0.05) is 54.7 Å². The van der Waals surface area contributed by atoms with Gasteiger partial charge in [0.15, 0.2) is 11.0 Å². The number of nitrogens with zero attached hydrogens (tertiary/aromatic N) is 5. The van der Waals surface area contributed by atoms with E-state index in [0.717, 1.165) is 22.2 Å². The molecule has 0 radical (unpaired) electrons. The van der Waals surface area contributed by atoms with Crippen molar-refractivity contribution in [1.29, 1.82) is 0 Å². The van der Waals surface area contributed by atoms with Crippen LogP contribution in [-0.4, -0.2) is 67.8 Å². The summed E-state index contributed by atoms with van der Waals surface area (Å²) in [4.78, 5) is 28.8. The summed E-state index contributed by atoms with van der Waals surface area (Å²) in [5.74, 6) is 0.320. The molecule has 14 heteroatoms. The fourth-order valence-corrected chi connectivity index (χ4v) is 6.33. The lowest BCUT2D eigenvalue weighted by molar-refractivity contribution is -0.143. The fourth-order valence-electron chi connectivity index (χ4n) is 5.38. The van der Waals surface area contributed by atoms with Crippen molar-refractivity contribution in [3.63, 3.8) is 0 Å². The molecule has 3 aromatic carbocycles. The van der Waals surface area contributed by atoms with Gasteiger partial charge in [-0.25, -0.2) is 0 Å². The zero-order valence-corrected chi connectivity index (χ0v) is 26.1. The largest absolute Gasteiger partial charge is 0.416 e. The minimum atomic E-state index is -5.06. The molecule has 248 valence electrons. The molecule has 1 atom stereocenters. The Morgan fingerprint density at radius 1 is 0.830 bits per heavy atom. The number of hydrogen-bond acceptors (Lipinski definition) is 5. The lowest BCUT2D eigenvalue weighted by Gasteiger charge is -2.40. The number of thioether (sulfide) groups is 1. The summed E-state index contributed by atoms with van der Waals surface area (Å²) in [6.07, 6.45) is -8.56. The smallest absolute Gasteiger partial charge is 0.339 e. The van der Waals surface area contributed by atoms with E-state index >= 15 is 0 Å². The molecule has 0 spiro atoms. The van der Waals surface area contributed by atoms with Gasteiger partial charge in [0.1, 0.15) is 0 Å². The van der Waals surface area contributed by atoms with Crippen molar-refractivity contribution >= 4 is 23.6 Å². The minimum absolute atomic E-state index is 0.00835. The third kappa shape index (κ3) is 8.16. The highest BCUT2D eigenvalue weighted by Gasteiger charge is 2.39. The van der Waals surface area contributed by atoms with E-state index in [4.69, 9.17) is 0 Å². The first-order valence-corrected chi connectivity index (χ1v) is 15.9. The van der Waals surface area contributed by atoms with Crippen LogP contribution in [0.4, 0.5) is 26.3 Å². The lowest BCUT2D eigenvalue weighted by atomic mass is 10.0. The number of rotatable bonds is 9. The molecular formula is C33H31F6N5O2S. The maximum Gasteiger partial charge on any atom is 0.416 e. The van der Waals surface area contributed by atoms with Gasteiger partial charge in [-0.1, -0.05) is 60.3 Å². The third-order valence-electron chi connectivity index (χ3n) is 7.77. The summed E-state index contributed by atoms with van der Waals surface area (Å²) in [5.41, 5.74) is -1.94.